The molecule has 0 bridgehead atoms. The van der Waals surface area contributed by atoms with E-state index in [2.05, 4.69) is 20.3 Å². The monoisotopic (exact) mass is 536 g/mol. The molecule has 0 saturated heterocycles. The van der Waals surface area contributed by atoms with Crippen molar-refractivity contribution in [3.05, 3.63) is 83.4 Å². The van der Waals surface area contributed by atoms with Crippen molar-refractivity contribution in [2.24, 2.45) is 0 Å². The van der Waals surface area contributed by atoms with Crippen molar-refractivity contribution in [2.75, 3.05) is 5.32 Å². The average molecular weight is 537 g/mol. The van der Waals surface area contributed by atoms with E-state index in [1.807, 2.05) is 13.8 Å². The van der Waals surface area contributed by atoms with E-state index in [0.29, 0.717) is 48.7 Å². The minimum atomic E-state index is -3.47. The number of sulfone groups is 1. The third kappa shape index (κ3) is 5.10. The topological polar surface area (TPSA) is 112 Å². The van der Waals surface area contributed by atoms with Gasteiger partial charge < -0.3 is 5.32 Å². The van der Waals surface area contributed by atoms with Crippen LogP contribution in [0.15, 0.2) is 76.9 Å². The van der Waals surface area contributed by atoms with Crippen LogP contribution in [0, 0.1) is 5.82 Å². The predicted octanol–water partition coefficient (Wildman–Crippen LogP) is 4.41. The summed E-state index contributed by atoms with van der Waals surface area (Å²) in [7, 11) is -3.47. The molecule has 0 aliphatic heterocycles. The Morgan fingerprint density at radius 3 is 2.37 bits per heavy atom. The van der Waals surface area contributed by atoms with Gasteiger partial charge in [0.25, 0.3) is 0 Å². The van der Waals surface area contributed by atoms with E-state index in [0.717, 1.165) is 0 Å². The standard InChI is InChI=1S/C27H29FN6O3S/c1-18(2)33-17-24(34(27(33)35)21-10-6-19(28)7-11-21)23-14-16-30-26(32-23)31-20-8-12-22(13-9-20)38(36,37)25-5-3-4-15-29-25/h3-7,10-11,14-18,20,22H,8-9,12-13H2,1-2H3,(H,30,31,32). The normalized spacial score (nSPS) is 18.0. The quantitative estimate of drug-likeness (QED) is 0.372. The SMILES string of the molecule is CC(C)n1cc(-c2ccnc(NC3CCC(S(=O)(=O)c4ccccn4)CC3)n2)n(-c2ccc(F)cc2)c1=O. The third-order valence-electron chi connectivity index (χ3n) is 6.85. The molecular weight excluding hydrogens is 507 g/mol. The highest BCUT2D eigenvalue weighted by molar-refractivity contribution is 7.92. The minimum Gasteiger partial charge on any atom is -0.351 e. The fraction of sp³-hybridized carbons (Fsp3) is 0.333. The van der Waals surface area contributed by atoms with Crippen molar-refractivity contribution >= 4 is 15.8 Å². The van der Waals surface area contributed by atoms with E-state index in [4.69, 9.17) is 0 Å². The highest BCUT2D eigenvalue weighted by Crippen LogP contribution is 2.30. The first kappa shape index (κ1) is 25.8. The zero-order valence-corrected chi connectivity index (χ0v) is 22.0. The Morgan fingerprint density at radius 2 is 1.71 bits per heavy atom. The van der Waals surface area contributed by atoms with Gasteiger partial charge in [-0.25, -0.2) is 32.6 Å². The summed E-state index contributed by atoms with van der Waals surface area (Å²) in [6.07, 6.45) is 7.18. The Hall–Kier alpha value is -3.86. The van der Waals surface area contributed by atoms with Gasteiger partial charge in [-0.1, -0.05) is 6.07 Å². The van der Waals surface area contributed by atoms with Gasteiger partial charge >= 0.3 is 5.69 Å². The number of hydrogen-bond acceptors (Lipinski definition) is 7. The summed E-state index contributed by atoms with van der Waals surface area (Å²) in [5.74, 6) is 0.0108. The Morgan fingerprint density at radius 1 is 0.974 bits per heavy atom. The molecule has 1 N–H and O–H groups in total. The van der Waals surface area contributed by atoms with Crippen molar-refractivity contribution in [2.45, 2.75) is 61.9 Å². The maximum atomic E-state index is 13.6. The Balaban J connectivity index is 1.36. The number of anilines is 1. The number of imidazole rings is 1. The van der Waals surface area contributed by atoms with Crippen LogP contribution in [0.5, 0.6) is 0 Å². The number of pyridine rings is 1. The van der Waals surface area contributed by atoms with Crippen molar-refractivity contribution < 1.29 is 12.8 Å². The summed E-state index contributed by atoms with van der Waals surface area (Å²) in [5.41, 5.74) is 1.38. The second-order valence-electron chi connectivity index (χ2n) is 9.71. The van der Waals surface area contributed by atoms with Crippen LogP contribution in [-0.4, -0.2) is 43.8 Å². The second-order valence-corrected chi connectivity index (χ2v) is 11.9. The first-order valence-electron chi connectivity index (χ1n) is 12.6. The van der Waals surface area contributed by atoms with Gasteiger partial charge in [0.2, 0.25) is 5.95 Å². The summed E-state index contributed by atoms with van der Waals surface area (Å²) in [6, 6.07) is 12.3. The van der Waals surface area contributed by atoms with Crippen LogP contribution >= 0.6 is 0 Å². The van der Waals surface area contributed by atoms with E-state index in [1.165, 1.54) is 29.0 Å². The summed E-state index contributed by atoms with van der Waals surface area (Å²) in [6.45, 7) is 3.83. The van der Waals surface area contributed by atoms with E-state index < -0.39 is 15.1 Å². The van der Waals surface area contributed by atoms with Crippen LogP contribution in [0.3, 0.4) is 0 Å². The maximum Gasteiger partial charge on any atom is 0.333 e. The summed E-state index contributed by atoms with van der Waals surface area (Å²) >= 11 is 0. The summed E-state index contributed by atoms with van der Waals surface area (Å²) in [4.78, 5) is 26.3. The number of rotatable bonds is 7. The van der Waals surface area contributed by atoms with Crippen LogP contribution in [-0.2, 0) is 9.84 Å². The first-order chi connectivity index (χ1) is 18.2. The number of halogens is 1. The van der Waals surface area contributed by atoms with Gasteiger partial charge in [-0.05, 0) is 82.0 Å². The number of benzene rings is 1. The molecule has 1 aliphatic carbocycles. The average Bonchev–Trinajstić information content (AvgIpc) is 3.27. The molecule has 1 aromatic carbocycles. The zero-order valence-electron chi connectivity index (χ0n) is 21.2. The fourth-order valence-electron chi connectivity index (χ4n) is 4.81. The molecule has 1 aliphatic rings. The molecule has 0 unspecified atom stereocenters. The zero-order chi connectivity index (χ0) is 26.9. The molecule has 5 rings (SSSR count). The van der Waals surface area contributed by atoms with Crippen LogP contribution in [0.2, 0.25) is 0 Å². The van der Waals surface area contributed by atoms with Gasteiger partial charge in [-0.15, -0.1) is 0 Å². The Labute approximate surface area is 220 Å². The maximum absolute atomic E-state index is 13.6. The summed E-state index contributed by atoms with van der Waals surface area (Å²) in [5, 5.41) is 2.99. The predicted molar refractivity (Wildman–Crippen MR) is 142 cm³/mol. The Kier molecular flexibility index (Phi) is 7.11. The van der Waals surface area contributed by atoms with Crippen molar-refractivity contribution in [1.29, 1.82) is 0 Å². The van der Waals surface area contributed by atoms with Gasteiger partial charge in [0.1, 0.15) is 5.82 Å². The molecule has 198 valence electrons. The van der Waals surface area contributed by atoms with Crippen molar-refractivity contribution in [1.82, 2.24) is 24.1 Å². The first-order valence-corrected chi connectivity index (χ1v) is 14.1. The summed E-state index contributed by atoms with van der Waals surface area (Å²) < 4.78 is 42.6. The third-order valence-corrected chi connectivity index (χ3v) is 9.02. The molecule has 4 aromatic rings. The van der Waals surface area contributed by atoms with Gasteiger partial charge in [-0.2, -0.15) is 0 Å². The second kappa shape index (κ2) is 10.5. The van der Waals surface area contributed by atoms with Gasteiger partial charge in [-0.3, -0.25) is 9.13 Å². The van der Waals surface area contributed by atoms with E-state index in [-0.39, 0.29) is 28.6 Å². The molecule has 0 spiro atoms. The van der Waals surface area contributed by atoms with E-state index in [1.54, 1.807) is 47.3 Å². The lowest BCUT2D eigenvalue weighted by atomic mass is 9.95. The molecule has 11 heteroatoms. The van der Waals surface area contributed by atoms with E-state index >= 15 is 0 Å². The number of hydrogen-bond donors (Lipinski definition) is 1. The van der Waals surface area contributed by atoms with E-state index in [9.17, 15) is 17.6 Å². The van der Waals surface area contributed by atoms with Crippen LogP contribution in [0.25, 0.3) is 17.1 Å². The minimum absolute atomic E-state index is 0.0139. The molecule has 1 saturated carbocycles. The molecule has 0 amide bonds. The molecule has 0 atom stereocenters. The molecule has 3 heterocycles. The van der Waals surface area contributed by atoms with Crippen molar-refractivity contribution in [3.63, 3.8) is 0 Å². The largest absolute Gasteiger partial charge is 0.351 e. The number of nitrogens with one attached hydrogen (secondary N) is 1. The Bertz CT molecular complexity index is 1580. The number of nitrogens with zero attached hydrogens (tertiary/aromatic N) is 5. The molecule has 9 nitrogen and oxygen atoms in total. The highest BCUT2D eigenvalue weighted by atomic mass is 32.2. The van der Waals surface area contributed by atoms with Crippen molar-refractivity contribution in [3.8, 4) is 17.1 Å². The molecule has 1 fully saturated rings. The molecule has 3 aromatic heterocycles. The molecule has 0 radical (unpaired) electrons. The highest BCUT2D eigenvalue weighted by Gasteiger charge is 2.33. The number of aromatic nitrogens is 5. The fourth-order valence-corrected chi connectivity index (χ4v) is 6.52. The van der Waals surface area contributed by atoms with Gasteiger partial charge in [0, 0.05) is 30.7 Å². The van der Waals surface area contributed by atoms with Crippen LogP contribution in [0.4, 0.5) is 10.3 Å². The van der Waals surface area contributed by atoms with Crippen LogP contribution < -0.4 is 11.0 Å². The van der Waals surface area contributed by atoms with Gasteiger partial charge in [0.05, 0.1) is 22.3 Å². The lowest BCUT2D eigenvalue weighted by Gasteiger charge is -2.28. The lowest BCUT2D eigenvalue weighted by molar-refractivity contribution is 0.449. The molecular formula is C27H29FN6O3S. The molecule has 38 heavy (non-hydrogen) atoms. The van der Waals surface area contributed by atoms with Gasteiger partial charge in [0.15, 0.2) is 14.9 Å². The smallest absolute Gasteiger partial charge is 0.333 e. The van der Waals surface area contributed by atoms with Crippen LogP contribution in [0.1, 0.15) is 45.6 Å². The lowest BCUT2D eigenvalue weighted by Crippen LogP contribution is -2.33.